The summed E-state index contributed by atoms with van der Waals surface area (Å²) in [6.45, 7) is 7.39. The molecule has 4 heteroatoms. The molecule has 110 valence electrons. The van der Waals surface area contributed by atoms with Crippen molar-refractivity contribution in [2.24, 2.45) is 0 Å². The number of benzene rings is 1. The molecule has 4 nitrogen and oxygen atoms in total. The van der Waals surface area contributed by atoms with Crippen LogP contribution >= 0.6 is 0 Å². The van der Waals surface area contributed by atoms with E-state index in [4.69, 9.17) is 5.73 Å². The van der Waals surface area contributed by atoms with Crippen molar-refractivity contribution < 1.29 is 4.79 Å². The van der Waals surface area contributed by atoms with Gasteiger partial charge in [-0.3, -0.25) is 4.79 Å². The van der Waals surface area contributed by atoms with E-state index >= 15 is 0 Å². The average Bonchev–Trinajstić information content (AvgIpc) is 2.48. The second kappa shape index (κ2) is 6.27. The van der Waals surface area contributed by atoms with E-state index in [0.29, 0.717) is 6.04 Å². The number of amides is 1. The van der Waals surface area contributed by atoms with Crippen molar-refractivity contribution in [2.75, 3.05) is 32.4 Å². The number of carbonyl (C=O) groups excluding carboxylic acids is 1. The van der Waals surface area contributed by atoms with E-state index in [1.54, 1.807) is 0 Å². The second-order valence-electron chi connectivity index (χ2n) is 5.65. The number of hydrogen-bond donors (Lipinski definition) is 1. The lowest BCUT2D eigenvalue weighted by Crippen LogP contribution is -2.45. The van der Waals surface area contributed by atoms with Gasteiger partial charge in [0.05, 0.1) is 0 Å². The lowest BCUT2D eigenvalue weighted by atomic mass is 10.0. The molecule has 0 aliphatic carbocycles. The lowest BCUT2D eigenvalue weighted by molar-refractivity contribution is 0.0647. The standard InChI is InChI=1S/C16H25N3O/c1-4-19-9-7-14(8-10-19)18(3)16(20)13-5-6-15(17)12(2)11-13/h5-6,11,14H,4,7-10,17H2,1-3H3. The van der Waals surface area contributed by atoms with Gasteiger partial charge < -0.3 is 15.5 Å². The number of hydrogen-bond acceptors (Lipinski definition) is 3. The Balaban J connectivity index is 2.03. The number of anilines is 1. The summed E-state index contributed by atoms with van der Waals surface area (Å²) in [5.41, 5.74) is 8.24. The molecule has 1 aliphatic heterocycles. The Morgan fingerprint density at radius 1 is 1.40 bits per heavy atom. The minimum Gasteiger partial charge on any atom is -0.399 e. The minimum absolute atomic E-state index is 0.100. The van der Waals surface area contributed by atoms with Crippen molar-refractivity contribution in [3.63, 3.8) is 0 Å². The molecular weight excluding hydrogens is 250 g/mol. The van der Waals surface area contributed by atoms with E-state index in [-0.39, 0.29) is 5.91 Å². The normalized spacial score (nSPS) is 17.1. The summed E-state index contributed by atoms with van der Waals surface area (Å²) in [5.74, 6) is 0.100. The third-order valence-corrected chi connectivity index (χ3v) is 4.39. The Hall–Kier alpha value is -1.55. The first-order chi connectivity index (χ1) is 9.52. The molecule has 0 atom stereocenters. The molecule has 1 saturated heterocycles. The molecule has 1 amide bonds. The fraction of sp³-hybridized carbons (Fsp3) is 0.562. The van der Waals surface area contributed by atoms with E-state index in [2.05, 4.69) is 11.8 Å². The molecule has 1 fully saturated rings. The number of likely N-dealkylation sites (tertiary alicyclic amines) is 1. The molecule has 1 heterocycles. The lowest BCUT2D eigenvalue weighted by Gasteiger charge is -2.36. The summed E-state index contributed by atoms with van der Waals surface area (Å²) in [7, 11) is 1.92. The predicted octanol–water partition coefficient (Wildman–Crippen LogP) is 2.13. The molecule has 1 aliphatic rings. The molecular formula is C16H25N3O. The predicted molar refractivity (Wildman–Crippen MR) is 82.8 cm³/mol. The van der Waals surface area contributed by atoms with E-state index < -0.39 is 0 Å². The highest BCUT2D eigenvalue weighted by Gasteiger charge is 2.25. The van der Waals surface area contributed by atoms with E-state index in [1.165, 1.54) is 0 Å². The largest absolute Gasteiger partial charge is 0.399 e. The Kier molecular flexibility index (Phi) is 4.65. The van der Waals surface area contributed by atoms with Crippen LogP contribution < -0.4 is 5.73 Å². The van der Waals surface area contributed by atoms with Gasteiger partial charge in [-0.2, -0.15) is 0 Å². The van der Waals surface area contributed by atoms with Gasteiger partial charge in [-0.1, -0.05) is 6.92 Å². The zero-order valence-electron chi connectivity index (χ0n) is 12.7. The van der Waals surface area contributed by atoms with Crippen LogP contribution in [0.2, 0.25) is 0 Å². The van der Waals surface area contributed by atoms with Crippen LogP contribution in [0.15, 0.2) is 18.2 Å². The maximum Gasteiger partial charge on any atom is 0.253 e. The van der Waals surface area contributed by atoms with E-state index in [1.807, 2.05) is 37.1 Å². The van der Waals surface area contributed by atoms with Crippen LogP contribution in [0.5, 0.6) is 0 Å². The van der Waals surface area contributed by atoms with Crippen molar-refractivity contribution in [1.29, 1.82) is 0 Å². The summed E-state index contributed by atoms with van der Waals surface area (Å²) in [6.07, 6.45) is 2.12. The first kappa shape index (κ1) is 14.9. The zero-order valence-corrected chi connectivity index (χ0v) is 12.7. The van der Waals surface area contributed by atoms with E-state index in [0.717, 1.165) is 49.3 Å². The quantitative estimate of drug-likeness (QED) is 0.860. The molecule has 1 aromatic carbocycles. The van der Waals surface area contributed by atoms with Gasteiger partial charge in [0.15, 0.2) is 0 Å². The van der Waals surface area contributed by atoms with Crippen molar-refractivity contribution >= 4 is 11.6 Å². The van der Waals surface area contributed by atoms with Gasteiger partial charge >= 0.3 is 0 Å². The Labute approximate surface area is 121 Å². The zero-order chi connectivity index (χ0) is 14.7. The maximum absolute atomic E-state index is 12.5. The Morgan fingerprint density at radius 2 is 2.05 bits per heavy atom. The van der Waals surface area contributed by atoms with Crippen LogP contribution in [-0.4, -0.2) is 48.4 Å². The van der Waals surface area contributed by atoms with Crippen molar-refractivity contribution in [2.45, 2.75) is 32.7 Å². The molecule has 0 bridgehead atoms. The molecule has 0 radical (unpaired) electrons. The van der Waals surface area contributed by atoms with Gasteiger partial charge in [-0.05, 0) is 50.1 Å². The molecule has 0 unspecified atom stereocenters. The van der Waals surface area contributed by atoms with Crippen LogP contribution in [0.4, 0.5) is 5.69 Å². The first-order valence-electron chi connectivity index (χ1n) is 7.38. The molecule has 0 saturated carbocycles. The summed E-state index contributed by atoms with van der Waals surface area (Å²) in [5, 5.41) is 0. The smallest absolute Gasteiger partial charge is 0.253 e. The van der Waals surface area contributed by atoms with Gasteiger partial charge in [0.2, 0.25) is 0 Å². The SMILES string of the molecule is CCN1CCC(N(C)C(=O)c2ccc(N)c(C)c2)CC1. The fourth-order valence-corrected chi connectivity index (χ4v) is 2.80. The van der Waals surface area contributed by atoms with Gasteiger partial charge in [0.1, 0.15) is 0 Å². The first-order valence-corrected chi connectivity index (χ1v) is 7.38. The minimum atomic E-state index is 0.100. The number of nitrogen functional groups attached to an aromatic ring is 1. The summed E-state index contributed by atoms with van der Waals surface area (Å²) >= 11 is 0. The van der Waals surface area contributed by atoms with Gasteiger partial charge in [0.25, 0.3) is 5.91 Å². The number of carbonyl (C=O) groups is 1. The maximum atomic E-state index is 12.5. The summed E-state index contributed by atoms with van der Waals surface area (Å²) in [4.78, 5) is 16.9. The van der Waals surface area contributed by atoms with Crippen LogP contribution in [0.3, 0.4) is 0 Å². The third-order valence-electron chi connectivity index (χ3n) is 4.39. The number of aryl methyl sites for hydroxylation is 1. The second-order valence-corrected chi connectivity index (χ2v) is 5.65. The van der Waals surface area contributed by atoms with Gasteiger partial charge in [-0.15, -0.1) is 0 Å². The topological polar surface area (TPSA) is 49.6 Å². The Bertz CT molecular complexity index is 479. The molecule has 2 rings (SSSR count). The molecule has 20 heavy (non-hydrogen) atoms. The highest BCUT2D eigenvalue weighted by atomic mass is 16.2. The molecule has 0 spiro atoms. The number of nitrogens with zero attached hydrogens (tertiary/aromatic N) is 2. The van der Waals surface area contributed by atoms with Crippen molar-refractivity contribution in [1.82, 2.24) is 9.80 Å². The third kappa shape index (κ3) is 3.12. The number of piperidine rings is 1. The van der Waals surface area contributed by atoms with Gasteiger partial charge in [-0.25, -0.2) is 0 Å². The monoisotopic (exact) mass is 275 g/mol. The fourth-order valence-electron chi connectivity index (χ4n) is 2.80. The Morgan fingerprint density at radius 3 is 2.60 bits per heavy atom. The average molecular weight is 275 g/mol. The number of nitrogens with two attached hydrogens (primary N) is 1. The van der Waals surface area contributed by atoms with Crippen molar-refractivity contribution in [3.8, 4) is 0 Å². The number of rotatable bonds is 3. The molecule has 1 aromatic rings. The van der Waals surface area contributed by atoms with Crippen LogP contribution in [0, 0.1) is 6.92 Å². The van der Waals surface area contributed by atoms with Gasteiger partial charge in [0, 0.05) is 37.4 Å². The van der Waals surface area contributed by atoms with Crippen molar-refractivity contribution in [3.05, 3.63) is 29.3 Å². The van der Waals surface area contributed by atoms with Crippen LogP contribution in [-0.2, 0) is 0 Å². The molecule has 0 aromatic heterocycles. The van der Waals surface area contributed by atoms with E-state index in [9.17, 15) is 4.79 Å². The van der Waals surface area contributed by atoms with Crippen LogP contribution in [0.25, 0.3) is 0 Å². The molecule has 2 N–H and O–H groups in total. The highest BCUT2D eigenvalue weighted by molar-refractivity contribution is 5.94. The summed E-state index contributed by atoms with van der Waals surface area (Å²) < 4.78 is 0. The van der Waals surface area contributed by atoms with Crippen LogP contribution in [0.1, 0.15) is 35.7 Å². The highest BCUT2D eigenvalue weighted by Crippen LogP contribution is 2.19. The summed E-state index contributed by atoms with van der Waals surface area (Å²) in [6, 6.07) is 5.87.